The van der Waals surface area contributed by atoms with Crippen LogP contribution in [0.2, 0.25) is 0 Å². The smallest absolute Gasteiger partial charge is 0.335 e. The van der Waals surface area contributed by atoms with Gasteiger partial charge in [-0.15, -0.1) is 0 Å². The van der Waals surface area contributed by atoms with Gasteiger partial charge in [-0.05, 0) is 72.6 Å². The molecule has 0 radical (unpaired) electrons. The monoisotopic (exact) mass is 700 g/mol. The molecule has 10 nitrogen and oxygen atoms in total. The molecule has 1 heterocycles. The minimum Gasteiger partial charge on any atom is -0.506 e. The summed E-state index contributed by atoms with van der Waals surface area (Å²) in [5.41, 5.74) is 3.12. The maximum Gasteiger partial charge on any atom is 0.335 e. The van der Waals surface area contributed by atoms with E-state index in [1.807, 2.05) is 11.0 Å². The maximum absolute atomic E-state index is 13.2. The van der Waals surface area contributed by atoms with Gasteiger partial charge in [-0.1, -0.05) is 91.9 Å². The number of carboxylic acid groups (broad SMARTS) is 1. The number of phenols is 1. The summed E-state index contributed by atoms with van der Waals surface area (Å²) in [6.07, 6.45) is 1.91. The number of aromatic amines is 1. The van der Waals surface area contributed by atoms with Crippen molar-refractivity contribution in [1.29, 1.82) is 0 Å². The van der Waals surface area contributed by atoms with Crippen molar-refractivity contribution in [2.45, 2.75) is 33.1 Å². The molecule has 0 aliphatic heterocycles. The molecular weight excluding hydrogens is 653 g/mol. The number of H-pyrrole nitrogens is 1. The van der Waals surface area contributed by atoms with Gasteiger partial charge in [0.05, 0.1) is 29.9 Å². The van der Waals surface area contributed by atoms with Crippen LogP contribution in [0, 0.1) is 0 Å². The SMILES string of the molecule is CCN(CC)CCN(CCNCCc1ccc(O)c2[nH]c(=O)sc12)C(=O)CCOCCc1cccc2ccccc12.O=C(O)c1ccccc1. The Hall–Kier alpha value is -4.55. The highest BCUT2D eigenvalue weighted by molar-refractivity contribution is 7.16. The van der Waals surface area contributed by atoms with Crippen molar-refractivity contribution >= 4 is 44.2 Å². The van der Waals surface area contributed by atoms with E-state index in [1.54, 1.807) is 36.4 Å². The number of carboxylic acids is 1. The average Bonchev–Trinajstić information content (AvgIpc) is 3.54. The number of aromatic hydroxyl groups is 1. The zero-order valence-corrected chi connectivity index (χ0v) is 29.7. The summed E-state index contributed by atoms with van der Waals surface area (Å²) >= 11 is 1.12. The predicted molar refractivity (Wildman–Crippen MR) is 202 cm³/mol. The summed E-state index contributed by atoms with van der Waals surface area (Å²) in [4.78, 5) is 41.9. The minimum absolute atomic E-state index is 0.0926. The Labute approximate surface area is 297 Å². The third-order valence-electron chi connectivity index (χ3n) is 8.58. The lowest BCUT2D eigenvalue weighted by Gasteiger charge is -2.27. The van der Waals surface area contributed by atoms with E-state index in [9.17, 15) is 19.5 Å². The van der Waals surface area contributed by atoms with E-state index < -0.39 is 5.97 Å². The molecule has 0 unspecified atom stereocenters. The van der Waals surface area contributed by atoms with Gasteiger partial charge in [0.25, 0.3) is 0 Å². The number of amides is 1. The van der Waals surface area contributed by atoms with Crippen LogP contribution in [0.5, 0.6) is 5.75 Å². The molecule has 0 saturated heterocycles. The lowest BCUT2D eigenvalue weighted by atomic mass is 10.0. The molecule has 4 aromatic carbocycles. The number of fused-ring (bicyclic) bond motifs is 2. The highest BCUT2D eigenvalue weighted by Gasteiger charge is 2.15. The van der Waals surface area contributed by atoms with Gasteiger partial charge in [0.2, 0.25) is 5.91 Å². The normalized spacial score (nSPS) is 11.1. The van der Waals surface area contributed by atoms with Crippen molar-refractivity contribution < 1.29 is 24.5 Å². The van der Waals surface area contributed by atoms with Crippen LogP contribution in [0.4, 0.5) is 0 Å². The number of benzene rings is 4. The molecule has 11 heteroatoms. The van der Waals surface area contributed by atoms with Crippen LogP contribution in [0.25, 0.3) is 21.0 Å². The highest BCUT2D eigenvalue weighted by Crippen LogP contribution is 2.27. The Morgan fingerprint density at radius 2 is 1.56 bits per heavy atom. The average molecular weight is 701 g/mol. The van der Waals surface area contributed by atoms with E-state index in [2.05, 4.69) is 71.5 Å². The number of nitrogens with zero attached hydrogens (tertiary/aromatic N) is 2. The van der Waals surface area contributed by atoms with Crippen LogP contribution in [-0.4, -0.2) is 95.9 Å². The molecule has 5 rings (SSSR count). The van der Waals surface area contributed by atoms with Crippen molar-refractivity contribution in [2.75, 3.05) is 59.0 Å². The summed E-state index contributed by atoms with van der Waals surface area (Å²) in [6.45, 7) is 10.7. The molecule has 266 valence electrons. The number of hydrogen-bond donors (Lipinski definition) is 4. The van der Waals surface area contributed by atoms with Crippen LogP contribution < -0.4 is 10.2 Å². The fourth-order valence-electron chi connectivity index (χ4n) is 5.69. The van der Waals surface area contributed by atoms with E-state index >= 15 is 0 Å². The molecule has 50 heavy (non-hydrogen) atoms. The van der Waals surface area contributed by atoms with Gasteiger partial charge in [0, 0.05) is 26.2 Å². The molecule has 1 amide bonds. The Balaban J connectivity index is 0.000000541. The summed E-state index contributed by atoms with van der Waals surface area (Å²) in [5.74, 6) is -0.674. The molecular formula is C39H48N4O6S. The second-order valence-electron chi connectivity index (χ2n) is 11.8. The van der Waals surface area contributed by atoms with E-state index in [0.717, 1.165) is 54.1 Å². The molecule has 0 atom stereocenters. The van der Waals surface area contributed by atoms with Crippen molar-refractivity contribution in [1.82, 2.24) is 20.1 Å². The molecule has 4 N–H and O–H groups in total. The van der Waals surface area contributed by atoms with Crippen molar-refractivity contribution in [3.05, 3.63) is 111 Å². The van der Waals surface area contributed by atoms with Gasteiger partial charge in [0.15, 0.2) is 0 Å². The molecule has 0 aliphatic carbocycles. The third kappa shape index (κ3) is 11.5. The third-order valence-corrected chi connectivity index (χ3v) is 9.54. The first-order valence-electron chi connectivity index (χ1n) is 17.2. The zero-order valence-electron chi connectivity index (χ0n) is 28.9. The number of nitrogens with one attached hydrogen (secondary N) is 2. The lowest BCUT2D eigenvalue weighted by Crippen LogP contribution is -2.42. The van der Waals surface area contributed by atoms with E-state index in [4.69, 9.17) is 9.84 Å². The topological polar surface area (TPSA) is 135 Å². The minimum atomic E-state index is -0.879. The van der Waals surface area contributed by atoms with Crippen LogP contribution in [0.1, 0.15) is 41.8 Å². The molecule has 0 spiro atoms. The molecule has 0 aliphatic rings. The van der Waals surface area contributed by atoms with Gasteiger partial charge in [-0.2, -0.15) is 0 Å². The van der Waals surface area contributed by atoms with Crippen molar-refractivity contribution in [3.8, 4) is 5.75 Å². The van der Waals surface area contributed by atoms with Crippen LogP contribution in [0.15, 0.2) is 89.7 Å². The summed E-state index contributed by atoms with van der Waals surface area (Å²) in [7, 11) is 0. The molecule has 1 aromatic heterocycles. The predicted octanol–water partition coefficient (Wildman–Crippen LogP) is 5.79. The highest BCUT2D eigenvalue weighted by atomic mass is 32.1. The van der Waals surface area contributed by atoms with E-state index in [1.165, 1.54) is 16.3 Å². The van der Waals surface area contributed by atoms with Crippen molar-refractivity contribution in [3.63, 3.8) is 0 Å². The molecule has 0 bridgehead atoms. The Morgan fingerprint density at radius 3 is 2.30 bits per heavy atom. The van der Waals surface area contributed by atoms with Gasteiger partial charge in [-0.25, -0.2) is 4.79 Å². The fraction of sp³-hybridized carbons (Fsp3) is 0.359. The fourth-order valence-corrected chi connectivity index (χ4v) is 6.59. The summed E-state index contributed by atoms with van der Waals surface area (Å²) in [6, 6.07) is 26.5. The first-order chi connectivity index (χ1) is 24.3. The van der Waals surface area contributed by atoms with Crippen molar-refractivity contribution in [2.24, 2.45) is 0 Å². The Morgan fingerprint density at radius 1 is 0.820 bits per heavy atom. The van der Waals surface area contributed by atoms with Crippen LogP contribution >= 0.6 is 11.3 Å². The van der Waals surface area contributed by atoms with Gasteiger partial charge in [0.1, 0.15) is 11.3 Å². The molecule has 0 fully saturated rings. The number of carbonyl (C=O) groups excluding carboxylic acids is 1. The number of likely N-dealkylation sites (N-methyl/N-ethyl adjacent to an activating group) is 1. The zero-order chi connectivity index (χ0) is 35.7. The van der Waals surface area contributed by atoms with Gasteiger partial charge in [-0.3, -0.25) is 9.59 Å². The second-order valence-corrected chi connectivity index (χ2v) is 12.8. The summed E-state index contributed by atoms with van der Waals surface area (Å²) < 4.78 is 6.70. The largest absolute Gasteiger partial charge is 0.506 e. The quantitative estimate of drug-likeness (QED) is 0.0845. The first kappa shape index (κ1) is 38.3. The maximum atomic E-state index is 13.2. The van der Waals surface area contributed by atoms with Gasteiger partial charge >= 0.3 is 10.8 Å². The number of thiazole rings is 1. The van der Waals surface area contributed by atoms with E-state index in [0.29, 0.717) is 56.9 Å². The Bertz CT molecular complexity index is 1850. The number of aromatic nitrogens is 1. The molecule has 0 saturated carbocycles. The number of aromatic carboxylic acids is 1. The van der Waals surface area contributed by atoms with Crippen LogP contribution in [-0.2, 0) is 22.4 Å². The first-order valence-corrected chi connectivity index (χ1v) is 18.0. The lowest BCUT2D eigenvalue weighted by molar-refractivity contribution is -0.132. The Kier molecular flexibility index (Phi) is 15.5. The number of phenolic OH excluding ortho intramolecular Hbond substituents is 1. The van der Waals surface area contributed by atoms with Crippen LogP contribution in [0.3, 0.4) is 0 Å². The summed E-state index contributed by atoms with van der Waals surface area (Å²) in [5, 5.41) is 24.3. The standard InChI is InChI=1S/C32H42N4O4S.C7H6O2/c1-3-35(4-2)20-21-36(19-18-33-17-14-26-12-13-28(37)30-31(26)41-32(39)34-30)29(38)16-23-40-22-15-25-10-7-9-24-8-5-6-11-27(24)25;8-7(9)6-4-2-1-3-5-6/h5-13,33,37H,3-4,14-23H2,1-2H3,(H,34,39);1-5H,(H,8,9). The van der Waals surface area contributed by atoms with E-state index in [-0.39, 0.29) is 16.5 Å². The molecule has 5 aromatic rings. The number of ether oxygens (including phenoxy) is 1. The number of carbonyl (C=O) groups is 2. The number of rotatable bonds is 18. The second kappa shape index (κ2) is 20.2. The van der Waals surface area contributed by atoms with Gasteiger partial charge < -0.3 is 35.1 Å². The number of hydrogen-bond acceptors (Lipinski definition) is 8.